The zero-order chi connectivity index (χ0) is 11.6. The molecule has 0 unspecified atom stereocenters. The maximum atomic E-state index is 5.56. The highest BCUT2D eigenvalue weighted by molar-refractivity contribution is 5.13. The Kier molecular flexibility index (Phi) is 6.86. The second-order valence-corrected chi connectivity index (χ2v) is 4.47. The predicted molar refractivity (Wildman–Crippen MR) is 68.4 cm³/mol. The van der Waals surface area contributed by atoms with Crippen LogP contribution in [0, 0.1) is 5.92 Å². The number of benzene rings is 1. The molecule has 1 aromatic carbocycles. The molecule has 1 aromatic rings. The first kappa shape index (κ1) is 13.2. The number of rotatable bonds is 8. The van der Waals surface area contributed by atoms with E-state index in [0.717, 1.165) is 25.6 Å². The summed E-state index contributed by atoms with van der Waals surface area (Å²) in [6.45, 7) is 8.02. The first-order valence-corrected chi connectivity index (χ1v) is 6.11. The van der Waals surface area contributed by atoms with Crippen molar-refractivity contribution in [3.63, 3.8) is 0 Å². The Labute approximate surface area is 99.0 Å². The fraction of sp³-hybridized carbons (Fsp3) is 0.571. The third kappa shape index (κ3) is 6.59. The lowest BCUT2D eigenvalue weighted by atomic mass is 10.1. The molecular weight excluding hydrogens is 198 g/mol. The van der Waals surface area contributed by atoms with Gasteiger partial charge >= 0.3 is 0 Å². The van der Waals surface area contributed by atoms with Gasteiger partial charge in [-0.2, -0.15) is 0 Å². The Bertz CT molecular complexity index is 259. The van der Waals surface area contributed by atoms with Gasteiger partial charge in [0.05, 0.1) is 13.2 Å². The largest absolute Gasteiger partial charge is 0.375 e. The number of nitrogens with one attached hydrogen (secondary N) is 1. The van der Waals surface area contributed by atoms with Crippen molar-refractivity contribution in [1.29, 1.82) is 0 Å². The minimum Gasteiger partial charge on any atom is -0.375 e. The maximum Gasteiger partial charge on any atom is 0.0717 e. The van der Waals surface area contributed by atoms with Crippen LogP contribution in [0.1, 0.15) is 25.8 Å². The molecule has 0 saturated heterocycles. The van der Waals surface area contributed by atoms with E-state index in [0.29, 0.717) is 6.61 Å². The van der Waals surface area contributed by atoms with Crippen LogP contribution in [0.4, 0.5) is 0 Å². The fourth-order valence-corrected chi connectivity index (χ4v) is 1.42. The molecule has 0 aliphatic rings. The molecule has 0 aromatic heterocycles. The van der Waals surface area contributed by atoms with Crippen LogP contribution in [0.3, 0.4) is 0 Å². The summed E-state index contributed by atoms with van der Waals surface area (Å²) in [5.41, 5.74) is 1.24. The topological polar surface area (TPSA) is 21.3 Å². The number of hydrogen-bond acceptors (Lipinski definition) is 2. The summed E-state index contributed by atoms with van der Waals surface area (Å²) in [6.07, 6.45) is 1.23. The summed E-state index contributed by atoms with van der Waals surface area (Å²) < 4.78 is 5.56. The predicted octanol–water partition coefficient (Wildman–Crippen LogP) is 2.84. The first-order valence-electron chi connectivity index (χ1n) is 6.11. The summed E-state index contributed by atoms with van der Waals surface area (Å²) in [5, 5.41) is 3.38. The van der Waals surface area contributed by atoms with Crippen molar-refractivity contribution in [3.8, 4) is 0 Å². The molecule has 0 saturated carbocycles. The first-order chi connectivity index (χ1) is 7.79. The van der Waals surface area contributed by atoms with Crippen molar-refractivity contribution in [3.05, 3.63) is 35.9 Å². The van der Waals surface area contributed by atoms with Crippen molar-refractivity contribution < 1.29 is 4.74 Å². The lowest BCUT2D eigenvalue weighted by Gasteiger charge is -2.07. The highest BCUT2D eigenvalue weighted by atomic mass is 16.5. The molecule has 0 aliphatic heterocycles. The molecule has 0 aliphatic carbocycles. The van der Waals surface area contributed by atoms with Crippen molar-refractivity contribution >= 4 is 0 Å². The van der Waals surface area contributed by atoms with E-state index in [9.17, 15) is 0 Å². The van der Waals surface area contributed by atoms with Gasteiger partial charge in [0.25, 0.3) is 0 Å². The lowest BCUT2D eigenvalue weighted by molar-refractivity contribution is 0.122. The smallest absolute Gasteiger partial charge is 0.0717 e. The molecule has 0 heterocycles. The molecule has 16 heavy (non-hydrogen) atoms. The minimum absolute atomic E-state index is 0.715. The Morgan fingerprint density at radius 3 is 2.56 bits per heavy atom. The average Bonchev–Trinajstić information content (AvgIpc) is 2.29. The van der Waals surface area contributed by atoms with E-state index >= 15 is 0 Å². The highest BCUT2D eigenvalue weighted by Crippen LogP contribution is 2.00. The van der Waals surface area contributed by atoms with Gasteiger partial charge in [-0.25, -0.2) is 0 Å². The molecule has 0 spiro atoms. The van der Waals surface area contributed by atoms with Gasteiger partial charge in [0.15, 0.2) is 0 Å². The Hall–Kier alpha value is -0.860. The van der Waals surface area contributed by atoms with Gasteiger partial charge < -0.3 is 10.1 Å². The van der Waals surface area contributed by atoms with Gasteiger partial charge in [-0.1, -0.05) is 44.2 Å². The van der Waals surface area contributed by atoms with Gasteiger partial charge in [-0.3, -0.25) is 0 Å². The van der Waals surface area contributed by atoms with E-state index in [1.165, 1.54) is 12.0 Å². The van der Waals surface area contributed by atoms with E-state index in [2.05, 4.69) is 31.3 Å². The van der Waals surface area contributed by atoms with E-state index in [4.69, 9.17) is 4.74 Å². The van der Waals surface area contributed by atoms with Crippen LogP contribution < -0.4 is 5.32 Å². The monoisotopic (exact) mass is 221 g/mol. The van der Waals surface area contributed by atoms with Crippen molar-refractivity contribution in [2.24, 2.45) is 5.92 Å². The van der Waals surface area contributed by atoms with Crippen molar-refractivity contribution in [1.82, 2.24) is 5.32 Å². The molecule has 2 heteroatoms. The van der Waals surface area contributed by atoms with Gasteiger partial charge in [-0.05, 0) is 24.4 Å². The Morgan fingerprint density at radius 2 is 1.88 bits per heavy atom. The molecule has 0 bridgehead atoms. The molecule has 90 valence electrons. The molecule has 1 rings (SSSR count). The van der Waals surface area contributed by atoms with Crippen LogP contribution in [0.15, 0.2) is 30.3 Å². The summed E-state index contributed by atoms with van der Waals surface area (Å²) in [5.74, 6) is 0.776. The normalized spacial score (nSPS) is 10.9. The summed E-state index contributed by atoms with van der Waals surface area (Å²) in [6, 6.07) is 10.3. The molecule has 2 nitrogen and oxygen atoms in total. The standard InChI is InChI=1S/C14H23NO/c1-13(2)8-9-15-10-11-16-12-14-6-4-3-5-7-14/h3-7,13,15H,8-12H2,1-2H3. The van der Waals surface area contributed by atoms with Crippen LogP contribution in [-0.4, -0.2) is 19.7 Å². The molecule has 0 atom stereocenters. The van der Waals surface area contributed by atoms with Gasteiger partial charge in [0.1, 0.15) is 0 Å². The average molecular weight is 221 g/mol. The fourth-order valence-electron chi connectivity index (χ4n) is 1.42. The summed E-state index contributed by atoms with van der Waals surface area (Å²) in [7, 11) is 0. The molecular formula is C14H23NO. The molecule has 1 N–H and O–H groups in total. The van der Waals surface area contributed by atoms with E-state index in [-0.39, 0.29) is 0 Å². The second kappa shape index (κ2) is 8.31. The van der Waals surface area contributed by atoms with Crippen LogP contribution in [0.2, 0.25) is 0 Å². The van der Waals surface area contributed by atoms with Crippen LogP contribution in [-0.2, 0) is 11.3 Å². The molecule has 0 amide bonds. The van der Waals surface area contributed by atoms with Crippen LogP contribution in [0.5, 0.6) is 0 Å². The Balaban J connectivity index is 1.93. The SMILES string of the molecule is CC(C)CCNCCOCc1ccccc1. The lowest BCUT2D eigenvalue weighted by Crippen LogP contribution is -2.21. The van der Waals surface area contributed by atoms with Crippen LogP contribution in [0.25, 0.3) is 0 Å². The number of ether oxygens (including phenoxy) is 1. The second-order valence-electron chi connectivity index (χ2n) is 4.47. The highest BCUT2D eigenvalue weighted by Gasteiger charge is 1.94. The zero-order valence-electron chi connectivity index (χ0n) is 10.4. The third-order valence-corrected chi connectivity index (χ3v) is 2.43. The van der Waals surface area contributed by atoms with Crippen molar-refractivity contribution in [2.45, 2.75) is 26.9 Å². The van der Waals surface area contributed by atoms with Crippen molar-refractivity contribution in [2.75, 3.05) is 19.7 Å². The van der Waals surface area contributed by atoms with E-state index in [1.54, 1.807) is 0 Å². The van der Waals surface area contributed by atoms with Gasteiger partial charge in [0.2, 0.25) is 0 Å². The summed E-state index contributed by atoms with van der Waals surface area (Å²) in [4.78, 5) is 0. The van der Waals surface area contributed by atoms with Gasteiger partial charge in [-0.15, -0.1) is 0 Å². The Morgan fingerprint density at radius 1 is 1.12 bits per heavy atom. The number of hydrogen-bond donors (Lipinski definition) is 1. The quantitative estimate of drug-likeness (QED) is 0.682. The zero-order valence-corrected chi connectivity index (χ0v) is 10.4. The molecule has 0 fully saturated rings. The summed E-state index contributed by atoms with van der Waals surface area (Å²) >= 11 is 0. The minimum atomic E-state index is 0.715. The third-order valence-electron chi connectivity index (χ3n) is 2.43. The van der Waals surface area contributed by atoms with Crippen LogP contribution >= 0.6 is 0 Å². The maximum absolute atomic E-state index is 5.56. The van der Waals surface area contributed by atoms with E-state index in [1.807, 2.05) is 18.2 Å². The molecule has 0 radical (unpaired) electrons. The van der Waals surface area contributed by atoms with E-state index < -0.39 is 0 Å². The van der Waals surface area contributed by atoms with Gasteiger partial charge in [0, 0.05) is 6.54 Å².